The van der Waals surface area contributed by atoms with Crippen molar-refractivity contribution in [3.05, 3.63) is 64.4 Å². The molecule has 7 heteroatoms. The van der Waals surface area contributed by atoms with Gasteiger partial charge in [0.25, 0.3) is 5.91 Å². The van der Waals surface area contributed by atoms with Crippen molar-refractivity contribution in [2.24, 2.45) is 0 Å². The number of aromatic nitrogens is 3. The Balaban J connectivity index is 1.81. The first kappa shape index (κ1) is 14.9. The van der Waals surface area contributed by atoms with Crippen LogP contribution in [-0.2, 0) is 0 Å². The number of aromatic amines is 1. The second-order valence-corrected chi connectivity index (χ2v) is 6.03. The smallest absolute Gasteiger partial charge is 0.258 e. The molecule has 0 atom stereocenters. The van der Waals surface area contributed by atoms with Gasteiger partial charge in [0.2, 0.25) is 0 Å². The van der Waals surface area contributed by atoms with E-state index in [1.807, 2.05) is 12.1 Å². The number of amides is 1. The van der Waals surface area contributed by atoms with Crippen LogP contribution in [0, 0.1) is 0 Å². The molecule has 0 unspecified atom stereocenters. The van der Waals surface area contributed by atoms with Crippen LogP contribution in [0.4, 0.5) is 5.69 Å². The van der Waals surface area contributed by atoms with Crippen LogP contribution in [0.2, 0.25) is 10.0 Å². The lowest BCUT2D eigenvalue weighted by Gasteiger charge is -2.10. The fourth-order valence-corrected chi connectivity index (χ4v) is 3.20. The maximum absolute atomic E-state index is 12.6. The second-order valence-electron chi connectivity index (χ2n) is 5.21. The topological polar surface area (TPSA) is 70.7 Å². The Hall–Kier alpha value is -2.63. The quantitative estimate of drug-likeness (QED) is 0.548. The molecule has 0 spiro atoms. The van der Waals surface area contributed by atoms with Crippen LogP contribution < -0.4 is 5.32 Å². The molecule has 0 radical (unpaired) electrons. The Morgan fingerprint density at radius 1 is 1.04 bits per heavy atom. The van der Waals surface area contributed by atoms with Crippen LogP contribution in [0.5, 0.6) is 0 Å². The minimum absolute atomic E-state index is 0.237. The highest BCUT2D eigenvalue weighted by Crippen LogP contribution is 2.29. The van der Waals surface area contributed by atoms with Crippen molar-refractivity contribution < 1.29 is 4.79 Å². The van der Waals surface area contributed by atoms with E-state index in [1.54, 1.807) is 36.7 Å². The Morgan fingerprint density at radius 3 is 2.58 bits per heavy atom. The van der Waals surface area contributed by atoms with Gasteiger partial charge in [-0.1, -0.05) is 41.4 Å². The van der Waals surface area contributed by atoms with Crippen molar-refractivity contribution >= 4 is 56.6 Å². The van der Waals surface area contributed by atoms with Crippen LogP contribution >= 0.6 is 23.2 Å². The van der Waals surface area contributed by atoms with E-state index in [4.69, 9.17) is 23.2 Å². The zero-order valence-electron chi connectivity index (χ0n) is 12.2. The molecule has 2 heterocycles. The summed E-state index contributed by atoms with van der Waals surface area (Å²) in [7, 11) is 0. The molecule has 0 aliphatic rings. The molecule has 5 nitrogen and oxygen atoms in total. The van der Waals surface area contributed by atoms with E-state index in [0.717, 1.165) is 16.3 Å². The lowest BCUT2D eigenvalue weighted by molar-refractivity contribution is 0.102. The third-order valence-corrected chi connectivity index (χ3v) is 4.37. The minimum atomic E-state index is -0.385. The highest BCUT2D eigenvalue weighted by molar-refractivity contribution is 6.40. The van der Waals surface area contributed by atoms with Crippen LogP contribution in [0.25, 0.3) is 21.8 Å². The second kappa shape index (κ2) is 5.78. The van der Waals surface area contributed by atoms with Crippen LogP contribution in [0.3, 0.4) is 0 Å². The lowest BCUT2D eigenvalue weighted by Crippen LogP contribution is -2.13. The number of carbonyl (C=O) groups excluding carboxylic acids is 1. The maximum Gasteiger partial charge on any atom is 0.258 e. The van der Waals surface area contributed by atoms with Gasteiger partial charge in [-0.3, -0.25) is 14.9 Å². The monoisotopic (exact) mass is 356 g/mol. The Morgan fingerprint density at radius 2 is 1.79 bits per heavy atom. The predicted molar refractivity (Wildman–Crippen MR) is 95.8 cm³/mol. The Kier molecular flexibility index (Phi) is 3.59. The predicted octanol–water partition coefficient (Wildman–Crippen LogP) is 4.67. The molecule has 2 N–H and O–H groups in total. The zero-order valence-corrected chi connectivity index (χ0v) is 13.7. The van der Waals surface area contributed by atoms with Gasteiger partial charge in [-0.2, -0.15) is 5.10 Å². The summed E-state index contributed by atoms with van der Waals surface area (Å²) >= 11 is 12.2. The van der Waals surface area contributed by atoms with E-state index in [1.165, 1.54) is 0 Å². The summed E-state index contributed by atoms with van der Waals surface area (Å²) in [5.74, 6) is -0.385. The molecule has 0 aliphatic carbocycles. The van der Waals surface area contributed by atoms with Crippen molar-refractivity contribution in [3.63, 3.8) is 0 Å². The van der Waals surface area contributed by atoms with Gasteiger partial charge in [0.1, 0.15) is 0 Å². The number of rotatable bonds is 2. The number of benzene rings is 2. The van der Waals surface area contributed by atoms with E-state index < -0.39 is 0 Å². The highest BCUT2D eigenvalue weighted by Gasteiger charge is 2.16. The van der Waals surface area contributed by atoms with E-state index in [2.05, 4.69) is 20.5 Å². The molecule has 0 saturated carbocycles. The molecule has 24 heavy (non-hydrogen) atoms. The molecule has 2 aromatic carbocycles. The van der Waals surface area contributed by atoms with E-state index in [-0.39, 0.29) is 11.5 Å². The molecule has 0 saturated heterocycles. The van der Waals surface area contributed by atoms with E-state index in [0.29, 0.717) is 21.2 Å². The van der Waals surface area contributed by atoms with Gasteiger partial charge in [-0.25, -0.2) is 0 Å². The van der Waals surface area contributed by atoms with Crippen LogP contribution in [0.1, 0.15) is 10.4 Å². The summed E-state index contributed by atoms with van der Waals surface area (Å²) in [5.41, 5.74) is 2.34. The summed E-state index contributed by atoms with van der Waals surface area (Å²) in [6.07, 6.45) is 3.41. The molecule has 0 fully saturated rings. The third kappa shape index (κ3) is 2.38. The number of hydrogen-bond donors (Lipinski definition) is 2. The maximum atomic E-state index is 12.6. The molecule has 118 valence electrons. The van der Waals surface area contributed by atoms with Gasteiger partial charge in [-0.15, -0.1) is 0 Å². The summed E-state index contributed by atoms with van der Waals surface area (Å²) in [6, 6.07) is 10.5. The number of pyridine rings is 1. The first-order chi connectivity index (χ1) is 11.6. The number of nitrogens with zero attached hydrogens (tertiary/aromatic N) is 2. The van der Waals surface area contributed by atoms with Crippen molar-refractivity contribution in [1.82, 2.24) is 15.2 Å². The van der Waals surface area contributed by atoms with Crippen LogP contribution in [-0.4, -0.2) is 21.1 Å². The zero-order chi connectivity index (χ0) is 16.7. The summed E-state index contributed by atoms with van der Waals surface area (Å²) in [4.78, 5) is 17.0. The van der Waals surface area contributed by atoms with Crippen molar-refractivity contribution in [1.29, 1.82) is 0 Å². The SMILES string of the molecule is O=C(Nc1cccc2c1ncc1cn[nH]c12)c1c(Cl)cccc1Cl. The largest absolute Gasteiger partial charge is 0.320 e. The van der Waals surface area contributed by atoms with Crippen molar-refractivity contribution in [3.8, 4) is 0 Å². The van der Waals surface area contributed by atoms with E-state index in [9.17, 15) is 4.79 Å². The number of nitrogens with one attached hydrogen (secondary N) is 2. The molecule has 2 aromatic heterocycles. The number of H-pyrrole nitrogens is 1. The van der Waals surface area contributed by atoms with Gasteiger partial charge < -0.3 is 5.32 Å². The lowest BCUT2D eigenvalue weighted by atomic mass is 10.1. The Labute approximate surface area is 146 Å². The normalized spacial score (nSPS) is 11.1. The first-order valence-corrected chi connectivity index (χ1v) is 7.87. The van der Waals surface area contributed by atoms with Gasteiger partial charge in [0, 0.05) is 17.0 Å². The number of hydrogen-bond acceptors (Lipinski definition) is 3. The van der Waals surface area contributed by atoms with Gasteiger partial charge in [-0.05, 0) is 18.2 Å². The van der Waals surface area contributed by atoms with Crippen LogP contribution in [0.15, 0.2) is 48.8 Å². The fourth-order valence-electron chi connectivity index (χ4n) is 2.63. The fraction of sp³-hybridized carbons (Fsp3) is 0. The van der Waals surface area contributed by atoms with Gasteiger partial charge in [0.05, 0.1) is 38.5 Å². The number of carbonyl (C=O) groups is 1. The molecular formula is C17H10Cl2N4O. The van der Waals surface area contributed by atoms with Gasteiger partial charge >= 0.3 is 0 Å². The molecule has 4 aromatic rings. The summed E-state index contributed by atoms with van der Waals surface area (Å²) < 4.78 is 0. The number of para-hydroxylation sites is 1. The molecule has 0 bridgehead atoms. The third-order valence-electron chi connectivity index (χ3n) is 3.74. The molecule has 0 aliphatic heterocycles. The number of fused-ring (bicyclic) bond motifs is 3. The highest BCUT2D eigenvalue weighted by atomic mass is 35.5. The van der Waals surface area contributed by atoms with Crippen molar-refractivity contribution in [2.75, 3.05) is 5.32 Å². The van der Waals surface area contributed by atoms with Gasteiger partial charge in [0.15, 0.2) is 0 Å². The average molecular weight is 357 g/mol. The standard InChI is InChI=1S/C17H10Cl2N4O/c18-11-4-2-5-12(19)14(11)17(24)22-13-6-1-3-10-15-9(8-21-23-15)7-20-16(10)13/h1-8H,(H,21,23)(H,22,24). The number of halogens is 2. The summed E-state index contributed by atoms with van der Waals surface area (Å²) in [5, 5.41) is 12.2. The number of anilines is 1. The molecule has 1 amide bonds. The first-order valence-electron chi connectivity index (χ1n) is 7.11. The average Bonchev–Trinajstić information content (AvgIpc) is 3.04. The Bertz CT molecular complexity index is 1070. The summed E-state index contributed by atoms with van der Waals surface area (Å²) in [6.45, 7) is 0. The van der Waals surface area contributed by atoms with E-state index >= 15 is 0 Å². The molecule has 4 rings (SSSR count). The minimum Gasteiger partial charge on any atom is -0.320 e. The van der Waals surface area contributed by atoms with Crippen molar-refractivity contribution in [2.45, 2.75) is 0 Å². The molecular weight excluding hydrogens is 347 g/mol.